The van der Waals surface area contributed by atoms with E-state index in [0.29, 0.717) is 19.3 Å². The Kier molecular flexibility index (Phi) is 55.7. The molecule has 0 spiro atoms. The minimum Gasteiger partial charge on any atom is -0.462 e. The zero-order valence-electron chi connectivity index (χ0n) is 46.1. The Morgan fingerprint density at radius 2 is 0.565 bits per heavy atom. The maximum atomic E-state index is 12.8. The molecule has 0 aromatic rings. The number of rotatable bonds is 55. The lowest BCUT2D eigenvalue weighted by atomic mass is 10.0. The van der Waals surface area contributed by atoms with E-state index in [9.17, 15) is 14.4 Å². The second-order valence-corrected chi connectivity index (χ2v) is 20.2. The topological polar surface area (TPSA) is 78.9 Å². The van der Waals surface area contributed by atoms with Crippen molar-refractivity contribution in [1.82, 2.24) is 0 Å². The molecule has 0 saturated carbocycles. The quantitative estimate of drug-likeness (QED) is 0.0262. The molecular weight excluding hydrogens is 853 g/mol. The molecule has 0 aromatic heterocycles. The van der Waals surface area contributed by atoms with E-state index in [1.807, 2.05) is 0 Å². The summed E-state index contributed by atoms with van der Waals surface area (Å²) < 4.78 is 16.8. The fraction of sp³-hybridized carbons (Fsp3) is 0.825. The minimum atomic E-state index is -0.776. The Labute approximate surface area is 428 Å². The second kappa shape index (κ2) is 57.9. The van der Waals surface area contributed by atoms with Crippen LogP contribution in [-0.2, 0) is 28.6 Å². The highest BCUT2D eigenvalue weighted by Gasteiger charge is 2.19. The highest BCUT2D eigenvalue weighted by atomic mass is 16.6. The number of ether oxygens (including phenoxy) is 3. The standard InChI is InChI=1S/C63H114O6/c1-4-7-10-13-16-19-21-23-25-27-29-30-31-32-33-35-36-38-40-42-44-47-50-53-56-62(65)68-59-60(58-67-61(64)55-52-49-46-18-15-12-9-6-3)69-63(66)57-54-51-48-45-43-41-39-37-34-28-26-24-22-20-17-14-11-8-5-2/h8,11,17,20,24,26,34,37,60H,4-7,9-10,12-16,18-19,21-23,25,27-33,35-36,38-59H2,1-3H3/b11-8-,20-17-,26-24-,37-34-. The van der Waals surface area contributed by atoms with Crippen LogP contribution in [0.4, 0.5) is 0 Å². The van der Waals surface area contributed by atoms with Crippen molar-refractivity contribution in [3.05, 3.63) is 48.6 Å². The average molecular weight is 968 g/mol. The molecule has 1 unspecified atom stereocenters. The van der Waals surface area contributed by atoms with Gasteiger partial charge >= 0.3 is 17.9 Å². The van der Waals surface area contributed by atoms with Crippen LogP contribution in [-0.4, -0.2) is 37.2 Å². The molecule has 1 atom stereocenters. The summed E-state index contributed by atoms with van der Waals surface area (Å²) in [5, 5.41) is 0. The normalized spacial score (nSPS) is 12.3. The molecular formula is C63H114O6. The fourth-order valence-corrected chi connectivity index (χ4v) is 8.85. The van der Waals surface area contributed by atoms with Crippen LogP contribution in [0.5, 0.6) is 0 Å². The van der Waals surface area contributed by atoms with E-state index in [1.165, 1.54) is 180 Å². The first-order chi connectivity index (χ1) is 34.0. The summed E-state index contributed by atoms with van der Waals surface area (Å²) in [6, 6.07) is 0. The van der Waals surface area contributed by atoms with Gasteiger partial charge in [-0.25, -0.2) is 0 Å². The smallest absolute Gasteiger partial charge is 0.306 e. The van der Waals surface area contributed by atoms with Crippen LogP contribution in [0.3, 0.4) is 0 Å². The SMILES string of the molecule is CC/C=C\C/C=C\C/C=C\C/C=C\CCCCCCCCC(=O)OC(COC(=O)CCCCCCCCCC)COC(=O)CCCCCCCCCCCCCCCCCCCCCCCCCC. The molecule has 0 aliphatic rings. The van der Waals surface area contributed by atoms with E-state index in [0.717, 1.165) is 96.3 Å². The number of carbonyl (C=O) groups excluding carboxylic acids is 3. The van der Waals surface area contributed by atoms with Crippen molar-refractivity contribution < 1.29 is 28.6 Å². The third-order valence-electron chi connectivity index (χ3n) is 13.3. The molecule has 0 heterocycles. The lowest BCUT2D eigenvalue weighted by molar-refractivity contribution is -0.167. The molecule has 0 saturated heterocycles. The molecule has 0 bridgehead atoms. The Balaban J connectivity index is 4.17. The van der Waals surface area contributed by atoms with E-state index >= 15 is 0 Å². The number of unbranched alkanes of at least 4 members (excludes halogenated alkanes) is 36. The predicted octanol–water partition coefficient (Wildman–Crippen LogP) is 20.2. The average Bonchev–Trinajstić information content (AvgIpc) is 3.35. The van der Waals surface area contributed by atoms with Crippen LogP contribution >= 0.6 is 0 Å². The fourth-order valence-electron chi connectivity index (χ4n) is 8.85. The van der Waals surface area contributed by atoms with Gasteiger partial charge in [0.1, 0.15) is 13.2 Å². The van der Waals surface area contributed by atoms with Crippen molar-refractivity contribution in [2.75, 3.05) is 13.2 Å². The largest absolute Gasteiger partial charge is 0.462 e. The third-order valence-corrected chi connectivity index (χ3v) is 13.3. The summed E-state index contributed by atoms with van der Waals surface area (Å²) in [6.07, 6.45) is 71.3. The van der Waals surface area contributed by atoms with Crippen molar-refractivity contribution in [3.63, 3.8) is 0 Å². The van der Waals surface area contributed by atoms with E-state index in [1.54, 1.807) is 0 Å². The minimum absolute atomic E-state index is 0.0751. The van der Waals surface area contributed by atoms with Crippen LogP contribution < -0.4 is 0 Å². The summed E-state index contributed by atoms with van der Waals surface area (Å²) in [4.78, 5) is 38.0. The van der Waals surface area contributed by atoms with Gasteiger partial charge in [0.2, 0.25) is 0 Å². The first-order valence-corrected chi connectivity index (χ1v) is 30.1. The monoisotopic (exact) mass is 967 g/mol. The Bertz CT molecular complexity index is 1200. The summed E-state index contributed by atoms with van der Waals surface area (Å²) in [7, 11) is 0. The van der Waals surface area contributed by atoms with Crippen LogP contribution in [0.2, 0.25) is 0 Å². The molecule has 0 radical (unpaired) electrons. The lowest BCUT2D eigenvalue weighted by Gasteiger charge is -2.18. The van der Waals surface area contributed by atoms with Crippen molar-refractivity contribution in [3.8, 4) is 0 Å². The summed E-state index contributed by atoms with van der Waals surface area (Å²) >= 11 is 0. The molecule has 6 heteroatoms. The van der Waals surface area contributed by atoms with Gasteiger partial charge in [0.05, 0.1) is 0 Å². The molecule has 6 nitrogen and oxygen atoms in total. The molecule has 0 aliphatic carbocycles. The third kappa shape index (κ3) is 56.2. The van der Waals surface area contributed by atoms with Gasteiger partial charge < -0.3 is 14.2 Å². The maximum Gasteiger partial charge on any atom is 0.306 e. The Hall–Kier alpha value is -2.63. The van der Waals surface area contributed by atoms with E-state index in [4.69, 9.17) is 14.2 Å². The van der Waals surface area contributed by atoms with Gasteiger partial charge in [-0.05, 0) is 57.8 Å². The Morgan fingerprint density at radius 1 is 0.304 bits per heavy atom. The van der Waals surface area contributed by atoms with E-state index < -0.39 is 6.10 Å². The molecule has 69 heavy (non-hydrogen) atoms. The first kappa shape index (κ1) is 66.4. The summed E-state index contributed by atoms with van der Waals surface area (Å²) in [5.74, 6) is -0.878. The van der Waals surface area contributed by atoms with Gasteiger partial charge in [-0.3, -0.25) is 14.4 Å². The number of hydrogen-bond donors (Lipinski definition) is 0. The van der Waals surface area contributed by atoms with Gasteiger partial charge in [-0.15, -0.1) is 0 Å². The molecule has 0 fully saturated rings. The van der Waals surface area contributed by atoms with Gasteiger partial charge in [-0.1, -0.05) is 288 Å². The van der Waals surface area contributed by atoms with Crippen molar-refractivity contribution in [1.29, 1.82) is 0 Å². The maximum absolute atomic E-state index is 12.8. The summed E-state index contributed by atoms with van der Waals surface area (Å²) in [6.45, 7) is 6.53. The molecule has 0 aromatic carbocycles. The summed E-state index contributed by atoms with van der Waals surface area (Å²) in [5.41, 5.74) is 0. The van der Waals surface area contributed by atoms with E-state index in [2.05, 4.69) is 69.4 Å². The molecule has 0 aliphatic heterocycles. The number of carbonyl (C=O) groups is 3. The lowest BCUT2D eigenvalue weighted by Crippen LogP contribution is -2.30. The molecule has 0 rings (SSSR count). The van der Waals surface area contributed by atoms with Crippen molar-refractivity contribution >= 4 is 17.9 Å². The van der Waals surface area contributed by atoms with Gasteiger partial charge in [0.25, 0.3) is 0 Å². The first-order valence-electron chi connectivity index (χ1n) is 30.1. The molecule has 0 N–H and O–H groups in total. The van der Waals surface area contributed by atoms with E-state index in [-0.39, 0.29) is 31.1 Å². The predicted molar refractivity (Wildman–Crippen MR) is 298 cm³/mol. The number of hydrogen-bond acceptors (Lipinski definition) is 6. The van der Waals surface area contributed by atoms with Crippen LogP contribution in [0.15, 0.2) is 48.6 Å². The highest BCUT2D eigenvalue weighted by molar-refractivity contribution is 5.71. The number of allylic oxidation sites excluding steroid dienone is 8. The van der Waals surface area contributed by atoms with Crippen molar-refractivity contribution in [2.24, 2.45) is 0 Å². The zero-order chi connectivity index (χ0) is 50.0. The van der Waals surface area contributed by atoms with Gasteiger partial charge in [-0.2, -0.15) is 0 Å². The van der Waals surface area contributed by atoms with Crippen LogP contribution in [0.1, 0.15) is 316 Å². The zero-order valence-corrected chi connectivity index (χ0v) is 46.1. The number of esters is 3. The van der Waals surface area contributed by atoms with Crippen LogP contribution in [0.25, 0.3) is 0 Å². The Morgan fingerprint density at radius 3 is 0.884 bits per heavy atom. The highest BCUT2D eigenvalue weighted by Crippen LogP contribution is 2.17. The van der Waals surface area contributed by atoms with Crippen molar-refractivity contribution in [2.45, 2.75) is 322 Å². The van der Waals surface area contributed by atoms with Gasteiger partial charge in [0.15, 0.2) is 6.10 Å². The van der Waals surface area contributed by atoms with Gasteiger partial charge in [0, 0.05) is 19.3 Å². The molecule has 402 valence electrons. The second-order valence-electron chi connectivity index (χ2n) is 20.2. The van der Waals surface area contributed by atoms with Crippen LogP contribution in [0, 0.1) is 0 Å². The molecule has 0 amide bonds.